The van der Waals surface area contributed by atoms with Crippen molar-refractivity contribution in [3.05, 3.63) is 0 Å². The molecule has 0 aromatic carbocycles. The number of thioether (sulfide) groups is 1. The van der Waals surface area contributed by atoms with Crippen molar-refractivity contribution in [1.82, 2.24) is 0 Å². The summed E-state index contributed by atoms with van der Waals surface area (Å²) in [5.41, 5.74) is 0. The predicted molar refractivity (Wildman–Crippen MR) is 49.5 cm³/mol. The molecule has 0 saturated heterocycles. The van der Waals surface area contributed by atoms with Crippen molar-refractivity contribution < 1.29 is 43.4 Å². The minimum absolute atomic E-state index is 0. The molecule has 12 heavy (non-hydrogen) atoms. The minimum Gasteiger partial charge on any atom is -0.709 e. The molecule has 1 atom stereocenters. The first-order chi connectivity index (χ1) is 5.12. The van der Waals surface area contributed by atoms with Crippen molar-refractivity contribution in [3.8, 4) is 0 Å². The van der Waals surface area contributed by atoms with Crippen LogP contribution in [-0.2, 0) is 24.3 Å². The maximum atomic E-state index is 10.8. The number of halogens is 1. The molecule has 0 aliphatic heterocycles. The Kier molecular flexibility index (Phi) is 12.9. The topological polar surface area (TPSA) is 49.4 Å². The van der Waals surface area contributed by atoms with Crippen molar-refractivity contribution in [3.63, 3.8) is 0 Å². The van der Waals surface area contributed by atoms with Crippen molar-refractivity contribution >= 4 is 43.3 Å². The summed E-state index contributed by atoms with van der Waals surface area (Å²) in [6, 6.07) is 0. The van der Waals surface area contributed by atoms with Crippen LogP contribution in [0.3, 0.4) is 0 Å². The fourth-order valence-electron chi connectivity index (χ4n) is 0.352. The molecule has 0 amide bonds. The van der Waals surface area contributed by atoms with Crippen LogP contribution in [0.4, 0.5) is 0 Å². The van der Waals surface area contributed by atoms with Crippen LogP contribution in [-0.4, -0.2) is 27.3 Å². The molecule has 68 valence electrons. The molecular weight excluding hydrogens is 251 g/mol. The van der Waals surface area contributed by atoms with Gasteiger partial charge in [0.1, 0.15) is 8.77 Å². The first kappa shape index (κ1) is 16.4. The van der Waals surface area contributed by atoms with Gasteiger partial charge in [0.15, 0.2) is 0 Å². The molecule has 0 aliphatic rings. The first-order valence-corrected chi connectivity index (χ1v) is 7.07. The summed E-state index contributed by atoms with van der Waals surface area (Å²) in [5.74, 6) is 1.98. The quantitative estimate of drug-likeness (QED) is 0.166. The Morgan fingerprint density at radius 3 is 2.58 bits per heavy atom. The fraction of sp³-hybridized carbons (Fsp3) is 1.00. The van der Waals surface area contributed by atoms with E-state index in [4.69, 9.17) is 11.6 Å². The largest absolute Gasteiger partial charge is 1.00 e. The van der Waals surface area contributed by atoms with Crippen LogP contribution in [0.25, 0.3) is 0 Å². The van der Waals surface area contributed by atoms with Crippen LogP contribution in [0.5, 0.6) is 0 Å². The first-order valence-electron chi connectivity index (χ1n) is 2.80. The smallest absolute Gasteiger partial charge is 0.709 e. The summed E-state index contributed by atoms with van der Waals surface area (Å²) in [5, 5.41) is 9.70. The monoisotopic (exact) mass is 258 g/mol. The molecule has 1 unspecified atom stereocenters. The van der Waals surface area contributed by atoms with E-state index in [1.165, 1.54) is 11.8 Å². The summed E-state index contributed by atoms with van der Waals surface area (Å²) in [7, 11) is -2.99. The van der Waals surface area contributed by atoms with Crippen LogP contribution < -0.4 is 34.8 Å². The Bertz CT molecular complexity index is 184. The number of alkyl halides is 1. The predicted octanol–water partition coefficient (Wildman–Crippen LogP) is -3.08. The molecule has 0 aromatic rings. The number of hydrogen-bond acceptors (Lipinski definition) is 5. The van der Waals surface area contributed by atoms with E-state index in [2.05, 4.69) is 15.5 Å². The zero-order valence-electron chi connectivity index (χ0n) is 6.66. The molecule has 8 heteroatoms. The fourth-order valence-corrected chi connectivity index (χ4v) is 2.96. The van der Waals surface area contributed by atoms with Crippen LogP contribution in [0, 0.1) is 0 Å². The maximum absolute atomic E-state index is 10.8. The standard InChI is InChI=1S/C4H9ClO3S3.Na/c5-1-2-10-3-4-11(7,9)8-6;/h6H,1-4H2;/q;+1/p-1. The Labute approximate surface area is 109 Å². The number of hydrogen-bond donors (Lipinski definition) is 0. The second kappa shape index (κ2) is 9.48. The van der Waals surface area contributed by atoms with Crippen molar-refractivity contribution in [2.75, 3.05) is 23.1 Å². The molecule has 0 radical (unpaired) electrons. The SMILES string of the molecule is O=S(=S)(CCSCCCl)O[O-].[Na+]. The zero-order chi connectivity index (χ0) is 8.74. The average molecular weight is 259 g/mol. The van der Waals surface area contributed by atoms with Gasteiger partial charge in [-0.3, -0.25) is 0 Å². The molecule has 0 aliphatic carbocycles. The summed E-state index contributed by atoms with van der Waals surface area (Å²) < 4.78 is 14.1. The Balaban J connectivity index is 0. The summed E-state index contributed by atoms with van der Waals surface area (Å²) in [6.07, 6.45) is 0. The van der Waals surface area contributed by atoms with E-state index in [1.54, 1.807) is 0 Å². The Morgan fingerprint density at radius 2 is 2.17 bits per heavy atom. The van der Waals surface area contributed by atoms with E-state index in [-0.39, 0.29) is 35.3 Å². The Morgan fingerprint density at radius 1 is 1.58 bits per heavy atom. The van der Waals surface area contributed by atoms with Gasteiger partial charge in [-0.25, -0.2) is 4.21 Å². The maximum Gasteiger partial charge on any atom is 1.00 e. The van der Waals surface area contributed by atoms with Gasteiger partial charge >= 0.3 is 29.6 Å². The van der Waals surface area contributed by atoms with Crippen LogP contribution in [0.1, 0.15) is 0 Å². The third-order valence-corrected chi connectivity index (χ3v) is 4.04. The average Bonchev–Trinajstić information content (AvgIpc) is 1.99. The minimum atomic E-state index is -2.99. The molecule has 0 saturated carbocycles. The van der Waals surface area contributed by atoms with Crippen LogP contribution in [0.2, 0.25) is 0 Å². The normalized spacial score (nSPS) is 14.8. The summed E-state index contributed by atoms with van der Waals surface area (Å²) in [4.78, 5) is 0. The van der Waals surface area contributed by atoms with Crippen molar-refractivity contribution in [2.24, 2.45) is 0 Å². The Hall–Kier alpha value is 1.93. The van der Waals surface area contributed by atoms with Gasteiger partial charge in [0.05, 0.1) is 5.75 Å². The van der Waals surface area contributed by atoms with E-state index >= 15 is 0 Å². The molecule has 0 heterocycles. The van der Waals surface area contributed by atoms with Gasteiger partial charge < -0.3 is 9.59 Å². The third kappa shape index (κ3) is 10.0. The molecule has 0 N–H and O–H groups in total. The number of rotatable bonds is 6. The van der Waals surface area contributed by atoms with Gasteiger partial charge in [0.25, 0.3) is 0 Å². The third-order valence-electron chi connectivity index (χ3n) is 0.803. The van der Waals surface area contributed by atoms with Gasteiger partial charge in [0, 0.05) is 28.6 Å². The summed E-state index contributed by atoms with van der Waals surface area (Å²) >= 11 is 11.2. The zero-order valence-corrected chi connectivity index (χ0v) is 11.9. The van der Waals surface area contributed by atoms with Gasteiger partial charge in [0.2, 0.25) is 0 Å². The van der Waals surface area contributed by atoms with E-state index in [0.717, 1.165) is 5.75 Å². The van der Waals surface area contributed by atoms with Crippen molar-refractivity contribution in [1.29, 1.82) is 0 Å². The molecule has 0 fully saturated rings. The molecule has 0 bridgehead atoms. The van der Waals surface area contributed by atoms with Gasteiger partial charge in [-0.2, -0.15) is 11.8 Å². The van der Waals surface area contributed by atoms with E-state index in [1.807, 2.05) is 0 Å². The molecule has 3 nitrogen and oxygen atoms in total. The van der Waals surface area contributed by atoms with Gasteiger partial charge in [-0.15, -0.1) is 11.6 Å². The van der Waals surface area contributed by atoms with Crippen LogP contribution >= 0.6 is 23.4 Å². The van der Waals surface area contributed by atoms with E-state index < -0.39 is 8.77 Å². The van der Waals surface area contributed by atoms with E-state index in [0.29, 0.717) is 11.6 Å². The summed E-state index contributed by atoms with van der Waals surface area (Å²) in [6.45, 7) is 0. The second-order valence-electron chi connectivity index (χ2n) is 1.63. The van der Waals surface area contributed by atoms with E-state index in [9.17, 15) is 9.47 Å². The second-order valence-corrected chi connectivity index (χ2v) is 6.42. The molecule has 0 aromatic heterocycles. The van der Waals surface area contributed by atoms with Crippen LogP contribution in [0.15, 0.2) is 0 Å². The van der Waals surface area contributed by atoms with Gasteiger partial charge in [-0.1, -0.05) is 0 Å². The van der Waals surface area contributed by atoms with Gasteiger partial charge in [-0.05, 0) is 0 Å². The molecule has 0 rings (SSSR count). The van der Waals surface area contributed by atoms with Crippen molar-refractivity contribution in [2.45, 2.75) is 0 Å². The molecular formula is C4H8ClNaO3S3. The molecule has 0 spiro atoms.